The number of ether oxygens (including phenoxy) is 1. The molecule has 2 rings (SSSR count). The van der Waals surface area contributed by atoms with Gasteiger partial charge >= 0.3 is 0 Å². The van der Waals surface area contributed by atoms with Crippen LogP contribution < -0.4 is 10.1 Å². The van der Waals surface area contributed by atoms with Crippen LogP contribution in [0.15, 0.2) is 28.7 Å². The van der Waals surface area contributed by atoms with Crippen LogP contribution in [0.25, 0.3) is 0 Å². The van der Waals surface area contributed by atoms with E-state index in [1.807, 2.05) is 13.8 Å². The summed E-state index contributed by atoms with van der Waals surface area (Å²) in [7, 11) is 1.58. The second-order valence-corrected chi connectivity index (χ2v) is 5.96. The quantitative estimate of drug-likeness (QED) is 0.889. The number of methoxy groups -OCH3 is 1. The molecule has 0 fully saturated rings. The van der Waals surface area contributed by atoms with Gasteiger partial charge in [0.15, 0.2) is 0 Å². The highest BCUT2D eigenvalue weighted by atomic mass is 16.5. The van der Waals surface area contributed by atoms with E-state index in [0.29, 0.717) is 22.6 Å². The zero-order valence-corrected chi connectivity index (χ0v) is 14.2. The maximum atomic E-state index is 12.3. The molecule has 23 heavy (non-hydrogen) atoms. The normalized spacial score (nSPS) is 13.5. The summed E-state index contributed by atoms with van der Waals surface area (Å²) in [6.07, 6.45) is 0. The van der Waals surface area contributed by atoms with Crippen molar-refractivity contribution in [2.24, 2.45) is 0 Å². The molecule has 0 saturated heterocycles. The van der Waals surface area contributed by atoms with E-state index in [0.717, 1.165) is 11.3 Å². The molecule has 2 N–H and O–H groups in total. The van der Waals surface area contributed by atoms with E-state index in [1.165, 1.54) is 0 Å². The molecule has 0 aliphatic rings. The van der Waals surface area contributed by atoms with Gasteiger partial charge in [0.2, 0.25) is 0 Å². The van der Waals surface area contributed by atoms with E-state index < -0.39 is 5.60 Å². The van der Waals surface area contributed by atoms with E-state index in [2.05, 4.69) is 5.32 Å². The molecule has 1 heterocycles. The fourth-order valence-electron chi connectivity index (χ4n) is 2.63. The monoisotopic (exact) mass is 317 g/mol. The molecule has 0 spiro atoms. The standard InChI is InChI=1S/C18H23NO4/c1-11-8-14(22-5)6-7-15(11)17(20)19-10-18(4,21)16-9-12(2)23-13(16)3/h6-9,21H,10H2,1-5H3,(H,19,20). The first kappa shape index (κ1) is 17.1. The topological polar surface area (TPSA) is 71.7 Å². The van der Waals surface area contributed by atoms with Gasteiger partial charge in [-0.05, 0) is 57.5 Å². The molecule has 1 atom stereocenters. The molecule has 5 nitrogen and oxygen atoms in total. The summed E-state index contributed by atoms with van der Waals surface area (Å²) < 4.78 is 10.6. The first-order chi connectivity index (χ1) is 10.7. The lowest BCUT2D eigenvalue weighted by Crippen LogP contribution is -2.39. The first-order valence-corrected chi connectivity index (χ1v) is 7.47. The summed E-state index contributed by atoms with van der Waals surface area (Å²) in [4.78, 5) is 12.3. The number of furan rings is 1. The Morgan fingerprint density at radius 1 is 1.30 bits per heavy atom. The Balaban J connectivity index is 2.10. The molecule has 1 aromatic carbocycles. The predicted molar refractivity (Wildman–Crippen MR) is 87.8 cm³/mol. The van der Waals surface area contributed by atoms with Gasteiger partial charge in [-0.15, -0.1) is 0 Å². The van der Waals surface area contributed by atoms with Gasteiger partial charge in [-0.25, -0.2) is 0 Å². The summed E-state index contributed by atoms with van der Waals surface area (Å²) in [5.74, 6) is 1.86. The molecule has 1 unspecified atom stereocenters. The van der Waals surface area contributed by atoms with Crippen LogP contribution in [0.3, 0.4) is 0 Å². The largest absolute Gasteiger partial charge is 0.497 e. The summed E-state index contributed by atoms with van der Waals surface area (Å²) in [6.45, 7) is 7.22. The number of rotatable bonds is 5. The van der Waals surface area contributed by atoms with Crippen molar-refractivity contribution in [3.63, 3.8) is 0 Å². The minimum absolute atomic E-state index is 0.0944. The highest BCUT2D eigenvalue weighted by Gasteiger charge is 2.28. The number of benzene rings is 1. The molecule has 1 aromatic heterocycles. The van der Waals surface area contributed by atoms with Crippen molar-refractivity contribution in [1.29, 1.82) is 0 Å². The zero-order chi connectivity index (χ0) is 17.2. The maximum Gasteiger partial charge on any atom is 0.251 e. The number of hydrogen-bond donors (Lipinski definition) is 2. The van der Waals surface area contributed by atoms with E-state index in [9.17, 15) is 9.90 Å². The van der Waals surface area contributed by atoms with Crippen LogP contribution in [0.4, 0.5) is 0 Å². The van der Waals surface area contributed by atoms with Gasteiger partial charge in [0.1, 0.15) is 22.9 Å². The van der Waals surface area contributed by atoms with Gasteiger partial charge in [-0.3, -0.25) is 4.79 Å². The van der Waals surface area contributed by atoms with Gasteiger partial charge in [-0.1, -0.05) is 0 Å². The Morgan fingerprint density at radius 2 is 2.00 bits per heavy atom. The number of carbonyl (C=O) groups is 1. The summed E-state index contributed by atoms with van der Waals surface area (Å²) in [6, 6.07) is 7.05. The third-order valence-electron chi connectivity index (χ3n) is 3.89. The molecule has 124 valence electrons. The van der Waals surface area contributed by atoms with Gasteiger partial charge in [0.05, 0.1) is 13.7 Å². The highest BCUT2D eigenvalue weighted by molar-refractivity contribution is 5.95. The molecule has 0 aliphatic carbocycles. The fourth-order valence-corrected chi connectivity index (χ4v) is 2.63. The van der Waals surface area contributed by atoms with Crippen LogP contribution in [0.1, 0.15) is 39.9 Å². The van der Waals surface area contributed by atoms with Crippen molar-refractivity contribution >= 4 is 5.91 Å². The molecule has 0 aliphatic heterocycles. The van der Waals surface area contributed by atoms with Crippen molar-refractivity contribution in [3.05, 3.63) is 52.5 Å². The average Bonchev–Trinajstić information content (AvgIpc) is 2.84. The van der Waals surface area contributed by atoms with Crippen molar-refractivity contribution in [2.45, 2.75) is 33.3 Å². The Labute approximate surface area is 136 Å². The number of hydrogen-bond acceptors (Lipinski definition) is 4. The Bertz CT molecular complexity index is 716. The lowest BCUT2D eigenvalue weighted by atomic mass is 9.96. The van der Waals surface area contributed by atoms with Gasteiger partial charge in [-0.2, -0.15) is 0 Å². The van der Waals surface area contributed by atoms with Crippen molar-refractivity contribution in [3.8, 4) is 5.75 Å². The number of aliphatic hydroxyl groups is 1. The molecule has 2 aromatic rings. The van der Waals surface area contributed by atoms with E-state index in [-0.39, 0.29) is 12.5 Å². The fraction of sp³-hybridized carbons (Fsp3) is 0.389. The van der Waals surface area contributed by atoms with E-state index in [1.54, 1.807) is 45.2 Å². The third-order valence-corrected chi connectivity index (χ3v) is 3.89. The second-order valence-electron chi connectivity index (χ2n) is 5.96. The van der Waals surface area contributed by atoms with Crippen LogP contribution in [0.2, 0.25) is 0 Å². The van der Waals surface area contributed by atoms with E-state index >= 15 is 0 Å². The Kier molecular flexibility index (Phi) is 4.80. The lowest BCUT2D eigenvalue weighted by molar-refractivity contribution is 0.0514. The minimum Gasteiger partial charge on any atom is -0.497 e. The van der Waals surface area contributed by atoms with Crippen LogP contribution in [0, 0.1) is 20.8 Å². The zero-order valence-electron chi connectivity index (χ0n) is 14.2. The van der Waals surface area contributed by atoms with Crippen LogP contribution in [-0.4, -0.2) is 24.7 Å². The summed E-state index contributed by atoms with van der Waals surface area (Å²) >= 11 is 0. The van der Waals surface area contributed by atoms with Gasteiger partial charge < -0.3 is 19.6 Å². The van der Waals surface area contributed by atoms with Crippen LogP contribution in [-0.2, 0) is 5.60 Å². The number of nitrogens with one attached hydrogen (secondary N) is 1. The Hall–Kier alpha value is -2.27. The van der Waals surface area contributed by atoms with Gasteiger partial charge in [0, 0.05) is 11.1 Å². The summed E-state index contributed by atoms with van der Waals surface area (Å²) in [5.41, 5.74) is 0.859. The van der Waals surface area contributed by atoms with Gasteiger partial charge in [0.25, 0.3) is 5.91 Å². The first-order valence-electron chi connectivity index (χ1n) is 7.47. The number of aryl methyl sites for hydroxylation is 3. The molecule has 1 amide bonds. The molecule has 0 radical (unpaired) electrons. The minimum atomic E-state index is -1.20. The molecule has 5 heteroatoms. The lowest BCUT2D eigenvalue weighted by Gasteiger charge is -2.23. The highest BCUT2D eigenvalue weighted by Crippen LogP contribution is 2.26. The van der Waals surface area contributed by atoms with Crippen LogP contribution in [0.5, 0.6) is 5.75 Å². The Morgan fingerprint density at radius 3 is 2.52 bits per heavy atom. The maximum absolute atomic E-state index is 12.3. The van der Waals surface area contributed by atoms with Crippen molar-refractivity contribution in [2.75, 3.05) is 13.7 Å². The molecule has 0 bridgehead atoms. The number of amides is 1. The molecule has 0 saturated carbocycles. The smallest absolute Gasteiger partial charge is 0.251 e. The number of carbonyl (C=O) groups excluding carboxylic acids is 1. The summed E-state index contributed by atoms with van der Waals surface area (Å²) in [5, 5.41) is 13.4. The third kappa shape index (κ3) is 3.74. The second kappa shape index (κ2) is 6.46. The molecular weight excluding hydrogens is 294 g/mol. The predicted octanol–water partition coefficient (Wildman–Crippen LogP) is 2.85. The van der Waals surface area contributed by atoms with Crippen molar-refractivity contribution < 1.29 is 19.1 Å². The SMILES string of the molecule is COc1ccc(C(=O)NCC(C)(O)c2cc(C)oc2C)c(C)c1. The van der Waals surface area contributed by atoms with Crippen molar-refractivity contribution in [1.82, 2.24) is 5.32 Å². The van der Waals surface area contributed by atoms with E-state index in [4.69, 9.17) is 9.15 Å². The molecular formula is C18H23NO4. The van der Waals surface area contributed by atoms with Crippen LogP contribution >= 0.6 is 0 Å². The average molecular weight is 317 g/mol.